The summed E-state index contributed by atoms with van der Waals surface area (Å²) in [5.74, 6) is 1.60. The fraction of sp³-hybridized carbons (Fsp3) is 0.133. The molecule has 0 aliphatic heterocycles. The van der Waals surface area contributed by atoms with Crippen molar-refractivity contribution in [2.24, 2.45) is 0 Å². The van der Waals surface area contributed by atoms with Crippen molar-refractivity contribution in [3.63, 3.8) is 0 Å². The molecule has 0 N–H and O–H groups in total. The number of nitrogens with zero attached hydrogens (tertiary/aromatic N) is 1. The first-order chi connectivity index (χ1) is 8.81. The van der Waals surface area contributed by atoms with Gasteiger partial charge in [0.05, 0.1) is 13.7 Å². The van der Waals surface area contributed by atoms with Gasteiger partial charge in [0.1, 0.15) is 18.1 Å². The molecule has 18 heavy (non-hydrogen) atoms. The Kier molecular flexibility index (Phi) is 3.83. The Morgan fingerprint density at radius 2 is 1.56 bits per heavy atom. The van der Waals surface area contributed by atoms with Crippen LogP contribution < -0.4 is 9.47 Å². The molecule has 0 atom stereocenters. The van der Waals surface area contributed by atoms with E-state index in [-0.39, 0.29) is 0 Å². The van der Waals surface area contributed by atoms with Crippen molar-refractivity contribution in [2.45, 2.75) is 6.61 Å². The molecule has 0 amide bonds. The van der Waals surface area contributed by atoms with Gasteiger partial charge in [-0.3, -0.25) is 0 Å². The minimum Gasteiger partial charge on any atom is -0.497 e. The molecule has 0 aromatic heterocycles. The number of methoxy groups -OCH3 is 1. The Bertz CT molecular complexity index is 538. The topological polar surface area (TPSA) is 22.8 Å². The molecule has 0 aliphatic carbocycles. The van der Waals surface area contributed by atoms with E-state index in [2.05, 4.69) is 4.85 Å². The van der Waals surface area contributed by atoms with E-state index < -0.39 is 0 Å². The van der Waals surface area contributed by atoms with E-state index in [0.29, 0.717) is 12.3 Å². The molecule has 0 saturated heterocycles. The first kappa shape index (κ1) is 12.0. The van der Waals surface area contributed by atoms with Crippen molar-refractivity contribution >= 4 is 5.69 Å². The molecule has 3 nitrogen and oxygen atoms in total. The SMILES string of the molecule is [C-]#[N+]c1ccc(OCc2ccc(OC)cc2)cc1. The molecule has 2 aromatic carbocycles. The van der Waals surface area contributed by atoms with Gasteiger partial charge in [-0.2, -0.15) is 0 Å². The predicted molar refractivity (Wildman–Crippen MR) is 70.0 cm³/mol. The maximum Gasteiger partial charge on any atom is 0.187 e. The lowest BCUT2D eigenvalue weighted by molar-refractivity contribution is 0.306. The number of benzene rings is 2. The molecule has 0 fully saturated rings. The van der Waals surface area contributed by atoms with Crippen LogP contribution in [0.15, 0.2) is 48.5 Å². The summed E-state index contributed by atoms with van der Waals surface area (Å²) >= 11 is 0. The van der Waals surface area contributed by atoms with Crippen molar-refractivity contribution in [3.8, 4) is 11.5 Å². The van der Waals surface area contributed by atoms with Gasteiger partial charge in [-0.1, -0.05) is 24.3 Å². The summed E-state index contributed by atoms with van der Waals surface area (Å²) in [4.78, 5) is 3.33. The van der Waals surface area contributed by atoms with Crippen LogP contribution in [0.3, 0.4) is 0 Å². The molecule has 2 aromatic rings. The molecule has 0 radical (unpaired) electrons. The molecule has 0 saturated carbocycles. The Morgan fingerprint density at radius 3 is 2.11 bits per heavy atom. The van der Waals surface area contributed by atoms with Crippen molar-refractivity contribution in [1.82, 2.24) is 0 Å². The summed E-state index contributed by atoms with van der Waals surface area (Å²) < 4.78 is 10.7. The summed E-state index contributed by atoms with van der Waals surface area (Å²) in [5, 5.41) is 0. The summed E-state index contributed by atoms with van der Waals surface area (Å²) in [6.45, 7) is 7.36. The normalized spacial score (nSPS) is 9.56. The Balaban J connectivity index is 1.95. The largest absolute Gasteiger partial charge is 0.497 e. The number of ether oxygens (including phenoxy) is 2. The highest BCUT2D eigenvalue weighted by atomic mass is 16.5. The minimum absolute atomic E-state index is 0.501. The van der Waals surface area contributed by atoms with Gasteiger partial charge in [0.15, 0.2) is 5.69 Å². The second kappa shape index (κ2) is 5.74. The van der Waals surface area contributed by atoms with Crippen LogP contribution in [0.1, 0.15) is 5.56 Å². The van der Waals surface area contributed by atoms with Crippen LogP contribution in [-0.2, 0) is 6.61 Å². The van der Waals surface area contributed by atoms with Crippen molar-refractivity contribution in [1.29, 1.82) is 0 Å². The van der Waals surface area contributed by atoms with Gasteiger partial charge in [-0.15, -0.1) is 0 Å². The van der Waals surface area contributed by atoms with Crippen molar-refractivity contribution in [2.75, 3.05) is 7.11 Å². The summed E-state index contributed by atoms with van der Waals surface area (Å²) in [6, 6.07) is 14.8. The lowest BCUT2D eigenvalue weighted by Gasteiger charge is -2.07. The summed E-state index contributed by atoms with van der Waals surface area (Å²) in [7, 11) is 1.64. The Hall–Kier alpha value is -2.47. The van der Waals surface area contributed by atoms with E-state index in [1.807, 2.05) is 24.3 Å². The average Bonchev–Trinajstić information content (AvgIpc) is 2.46. The zero-order chi connectivity index (χ0) is 12.8. The molecule has 0 spiro atoms. The number of hydrogen-bond donors (Lipinski definition) is 0. The number of hydrogen-bond acceptors (Lipinski definition) is 2. The monoisotopic (exact) mass is 239 g/mol. The molecular weight excluding hydrogens is 226 g/mol. The van der Waals surface area contributed by atoms with Gasteiger partial charge < -0.3 is 9.47 Å². The van der Waals surface area contributed by atoms with Crippen LogP contribution in [-0.4, -0.2) is 7.11 Å². The summed E-state index contributed by atoms with van der Waals surface area (Å²) in [6.07, 6.45) is 0. The van der Waals surface area contributed by atoms with Gasteiger partial charge in [-0.05, 0) is 29.8 Å². The molecule has 3 heteroatoms. The smallest absolute Gasteiger partial charge is 0.187 e. The van der Waals surface area contributed by atoms with E-state index in [4.69, 9.17) is 16.0 Å². The third-order valence-corrected chi connectivity index (χ3v) is 2.53. The standard InChI is InChI=1S/C15H13NO2/c1-16-13-5-9-15(10-6-13)18-11-12-3-7-14(17-2)8-4-12/h3-10H,11H2,2H3. The lowest BCUT2D eigenvalue weighted by Crippen LogP contribution is -1.95. The highest BCUT2D eigenvalue weighted by molar-refractivity contribution is 5.47. The highest BCUT2D eigenvalue weighted by Gasteiger charge is 1.97. The Morgan fingerprint density at radius 1 is 0.944 bits per heavy atom. The minimum atomic E-state index is 0.501. The van der Waals surface area contributed by atoms with Gasteiger partial charge in [0, 0.05) is 0 Å². The third kappa shape index (κ3) is 3.02. The van der Waals surface area contributed by atoms with E-state index >= 15 is 0 Å². The zero-order valence-electron chi connectivity index (χ0n) is 10.1. The summed E-state index contributed by atoms with van der Waals surface area (Å²) in [5.41, 5.74) is 1.69. The zero-order valence-corrected chi connectivity index (χ0v) is 10.1. The van der Waals surface area contributed by atoms with E-state index in [1.165, 1.54) is 0 Å². The van der Waals surface area contributed by atoms with Crippen LogP contribution >= 0.6 is 0 Å². The number of rotatable bonds is 4. The maximum absolute atomic E-state index is 6.86. The van der Waals surface area contributed by atoms with E-state index in [1.54, 1.807) is 31.4 Å². The van der Waals surface area contributed by atoms with E-state index in [9.17, 15) is 0 Å². The molecule has 0 unspecified atom stereocenters. The van der Waals surface area contributed by atoms with Gasteiger partial charge in [0.2, 0.25) is 0 Å². The van der Waals surface area contributed by atoms with Crippen LogP contribution in [0.25, 0.3) is 4.85 Å². The molecule has 90 valence electrons. The van der Waals surface area contributed by atoms with Crippen LogP contribution in [0.4, 0.5) is 5.69 Å². The van der Waals surface area contributed by atoms with Crippen LogP contribution in [0.5, 0.6) is 11.5 Å². The quantitative estimate of drug-likeness (QED) is 0.757. The maximum atomic E-state index is 6.86. The van der Waals surface area contributed by atoms with Gasteiger partial charge in [-0.25, -0.2) is 4.85 Å². The van der Waals surface area contributed by atoms with Gasteiger partial charge >= 0.3 is 0 Å². The highest BCUT2D eigenvalue weighted by Crippen LogP contribution is 2.19. The predicted octanol–water partition coefficient (Wildman–Crippen LogP) is 3.82. The fourth-order valence-corrected chi connectivity index (χ4v) is 1.51. The van der Waals surface area contributed by atoms with E-state index in [0.717, 1.165) is 17.1 Å². The molecule has 0 bridgehead atoms. The lowest BCUT2D eigenvalue weighted by atomic mass is 10.2. The molecule has 2 rings (SSSR count). The third-order valence-electron chi connectivity index (χ3n) is 2.53. The Labute approximate surface area is 106 Å². The second-order valence-corrected chi connectivity index (χ2v) is 3.74. The van der Waals surface area contributed by atoms with Crippen LogP contribution in [0.2, 0.25) is 0 Å². The second-order valence-electron chi connectivity index (χ2n) is 3.74. The van der Waals surface area contributed by atoms with Gasteiger partial charge in [0.25, 0.3) is 0 Å². The fourth-order valence-electron chi connectivity index (χ4n) is 1.51. The first-order valence-electron chi connectivity index (χ1n) is 5.55. The molecule has 0 aliphatic rings. The van der Waals surface area contributed by atoms with Crippen molar-refractivity contribution in [3.05, 3.63) is 65.5 Å². The average molecular weight is 239 g/mol. The van der Waals surface area contributed by atoms with Crippen LogP contribution in [0, 0.1) is 6.57 Å². The first-order valence-corrected chi connectivity index (χ1v) is 5.55. The molecule has 0 heterocycles. The molecular formula is C15H13NO2. The van der Waals surface area contributed by atoms with Crippen molar-refractivity contribution < 1.29 is 9.47 Å².